The van der Waals surface area contributed by atoms with Crippen molar-refractivity contribution in [1.29, 1.82) is 0 Å². The lowest BCUT2D eigenvalue weighted by atomic mass is 9.75. The molecule has 1 N–H and O–H groups in total. The van der Waals surface area contributed by atoms with E-state index < -0.39 is 11.4 Å². The number of hydrogen-bond donors (Lipinski definition) is 1. The summed E-state index contributed by atoms with van der Waals surface area (Å²) in [7, 11) is 0. The molecule has 3 rings (SSSR count). The summed E-state index contributed by atoms with van der Waals surface area (Å²) in [6, 6.07) is 10.2. The van der Waals surface area contributed by atoms with Gasteiger partial charge in [-0.2, -0.15) is 0 Å². The Labute approximate surface area is 124 Å². The van der Waals surface area contributed by atoms with Gasteiger partial charge >= 0.3 is 5.97 Å². The van der Waals surface area contributed by atoms with Crippen LogP contribution in [0, 0.1) is 5.41 Å². The van der Waals surface area contributed by atoms with Crippen LogP contribution < -0.4 is 0 Å². The number of carboxylic acid groups (broad SMARTS) is 1. The average Bonchev–Trinajstić information content (AvgIpc) is 3.29. The number of benzene rings is 1. The van der Waals surface area contributed by atoms with Crippen LogP contribution in [0.4, 0.5) is 0 Å². The van der Waals surface area contributed by atoms with Gasteiger partial charge in [-0.05, 0) is 31.2 Å². The summed E-state index contributed by atoms with van der Waals surface area (Å²) in [5.74, 6) is -1.14. The minimum Gasteiger partial charge on any atom is -0.480 e. The monoisotopic (exact) mass is 287 g/mol. The van der Waals surface area contributed by atoms with Gasteiger partial charge in [0.1, 0.15) is 5.41 Å². The molecular formula is C17H21NO3. The second-order valence-corrected chi connectivity index (χ2v) is 6.64. The first-order chi connectivity index (χ1) is 9.98. The van der Waals surface area contributed by atoms with E-state index in [1.807, 2.05) is 18.2 Å². The van der Waals surface area contributed by atoms with Gasteiger partial charge in [0.05, 0.1) is 0 Å². The lowest BCUT2D eigenvalue weighted by Crippen LogP contribution is -2.50. The average molecular weight is 287 g/mol. The minimum absolute atomic E-state index is 0.0796. The molecular weight excluding hydrogens is 266 g/mol. The quantitative estimate of drug-likeness (QED) is 0.869. The van der Waals surface area contributed by atoms with Crippen LogP contribution in [0.2, 0.25) is 0 Å². The van der Waals surface area contributed by atoms with E-state index in [9.17, 15) is 14.7 Å². The highest BCUT2D eigenvalue weighted by Gasteiger charge is 2.59. The smallest absolute Gasteiger partial charge is 0.319 e. The fourth-order valence-corrected chi connectivity index (χ4v) is 3.44. The molecule has 2 aliphatic rings. The van der Waals surface area contributed by atoms with Crippen molar-refractivity contribution in [2.45, 2.75) is 38.0 Å². The van der Waals surface area contributed by atoms with Crippen LogP contribution >= 0.6 is 0 Å². The standard InChI is InChI=1S/C17H21NO3/c1-16(13-6-3-2-4-7-13)8-5-11-18(12-16)14(19)17(9-10-17)15(20)21/h2-4,6-7H,5,8-12H2,1H3,(H,20,21)/t16-/m1/s1. The highest BCUT2D eigenvalue weighted by atomic mass is 16.4. The largest absolute Gasteiger partial charge is 0.480 e. The minimum atomic E-state index is -1.12. The van der Waals surface area contributed by atoms with E-state index in [0.29, 0.717) is 25.9 Å². The van der Waals surface area contributed by atoms with Crippen molar-refractivity contribution in [1.82, 2.24) is 4.90 Å². The Kier molecular flexibility index (Phi) is 3.27. The van der Waals surface area contributed by atoms with Gasteiger partial charge in [0.2, 0.25) is 5.91 Å². The molecule has 1 aromatic rings. The molecule has 1 saturated carbocycles. The molecule has 4 nitrogen and oxygen atoms in total. The number of carboxylic acids is 1. The molecule has 1 saturated heterocycles. The molecule has 0 bridgehead atoms. The highest BCUT2D eigenvalue weighted by Crippen LogP contribution is 2.48. The molecule has 4 heteroatoms. The lowest BCUT2D eigenvalue weighted by molar-refractivity contribution is -0.154. The van der Waals surface area contributed by atoms with Crippen molar-refractivity contribution >= 4 is 11.9 Å². The summed E-state index contributed by atoms with van der Waals surface area (Å²) in [4.78, 5) is 25.7. The number of amides is 1. The molecule has 1 aliphatic carbocycles. The molecule has 112 valence electrons. The first-order valence-electron chi connectivity index (χ1n) is 7.56. The van der Waals surface area contributed by atoms with Crippen LogP contribution in [-0.2, 0) is 15.0 Å². The van der Waals surface area contributed by atoms with E-state index in [0.717, 1.165) is 12.8 Å². The number of piperidine rings is 1. The first kappa shape index (κ1) is 14.1. The van der Waals surface area contributed by atoms with Crippen molar-refractivity contribution in [3.8, 4) is 0 Å². The second kappa shape index (κ2) is 4.86. The maximum absolute atomic E-state index is 12.6. The Bertz CT molecular complexity index is 565. The van der Waals surface area contributed by atoms with Gasteiger partial charge in [-0.3, -0.25) is 9.59 Å². The molecule has 0 aromatic heterocycles. The first-order valence-corrected chi connectivity index (χ1v) is 7.56. The second-order valence-electron chi connectivity index (χ2n) is 6.64. The summed E-state index contributed by atoms with van der Waals surface area (Å²) in [5.41, 5.74) is 0.0290. The molecule has 0 radical (unpaired) electrons. The van der Waals surface area contributed by atoms with E-state index >= 15 is 0 Å². The number of likely N-dealkylation sites (tertiary alicyclic amines) is 1. The molecule has 0 unspecified atom stereocenters. The molecule has 0 spiro atoms. The summed E-state index contributed by atoms with van der Waals surface area (Å²) in [5, 5.41) is 9.30. The Morgan fingerprint density at radius 1 is 1.14 bits per heavy atom. The van der Waals surface area contributed by atoms with Crippen molar-refractivity contribution in [2.24, 2.45) is 5.41 Å². The summed E-state index contributed by atoms with van der Waals surface area (Å²) < 4.78 is 0. The van der Waals surface area contributed by atoms with E-state index in [1.165, 1.54) is 5.56 Å². The van der Waals surface area contributed by atoms with Gasteiger partial charge in [0.15, 0.2) is 0 Å². The summed E-state index contributed by atoms with van der Waals surface area (Å²) in [6.07, 6.45) is 2.92. The van der Waals surface area contributed by atoms with Gasteiger partial charge in [-0.15, -0.1) is 0 Å². The van der Waals surface area contributed by atoms with E-state index in [-0.39, 0.29) is 11.3 Å². The van der Waals surface area contributed by atoms with Crippen LogP contribution in [0.15, 0.2) is 30.3 Å². The zero-order chi connectivity index (χ0) is 15.1. The third-order valence-electron chi connectivity index (χ3n) is 5.02. The lowest BCUT2D eigenvalue weighted by Gasteiger charge is -2.41. The fraction of sp³-hybridized carbons (Fsp3) is 0.529. The predicted molar refractivity (Wildman–Crippen MR) is 78.9 cm³/mol. The number of hydrogen-bond acceptors (Lipinski definition) is 2. The van der Waals surface area contributed by atoms with Gasteiger partial charge in [-0.25, -0.2) is 0 Å². The molecule has 2 fully saturated rings. The molecule has 1 atom stereocenters. The highest BCUT2D eigenvalue weighted by molar-refractivity contribution is 6.04. The Morgan fingerprint density at radius 3 is 2.38 bits per heavy atom. The number of carbonyl (C=O) groups excluding carboxylic acids is 1. The van der Waals surface area contributed by atoms with Gasteiger partial charge in [0, 0.05) is 18.5 Å². The van der Waals surface area contributed by atoms with Crippen LogP contribution in [0.25, 0.3) is 0 Å². The maximum atomic E-state index is 12.6. The number of rotatable bonds is 3. The molecule has 1 heterocycles. The fourth-order valence-electron chi connectivity index (χ4n) is 3.44. The van der Waals surface area contributed by atoms with Gasteiger partial charge in [-0.1, -0.05) is 37.3 Å². The molecule has 21 heavy (non-hydrogen) atoms. The molecule has 1 amide bonds. The third kappa shape index (κ3) is 2.33. The molecule has 1 aliphatic heterocycles. The predicted octanol–water partition coefficient (Wildman–Crippen LogP) is 2.43. The van der Waals surface area contributed by atoms with Crippen molar-refractivity contribution in [3.05, 3.63) is 35.9 Å². The zero-order valence-corrected chi connectivity index (χ0v) is 12.3. The van der Waals surface area contributed by atoms with Crippen LogP contribution in [0.5, 0.6) is 0 Å². The van der Waals surface area contributed by atoms with Crippen molar-refractivity contribution in [2.75, 3.05) is 13.1 Å². The number of nitrogens with zero attached hydrogens (tertiary/aromatic N) is 1. The van der Waals surface area contributed by atoms with E-state index in [4.69, 9.17) is 0 Å². The Hall–Kier alpha value is -1.84. The van der Waals surface area contributed by atoms with Crippen molar-refractivity contribution in [3.63, 3.8) is 0 Å². The van der Waals surface area contributed by atoms with Crippen LogP contribution in [-0.4, -0.2) is 35.0 Å². The third-order valence-corrected chi connectivity index (χ3v) is 5.02. The molecule has 1 aromatic carbocycles. The van der Waals surface area contributed by atoms with Crippen LogP contribution in [0.3, 0.4) is 0 Å². The van der Waals surface area contributed by atoms with Crippen molar-refractivity contribution < 1.29 is 14.7 Å². The maximum Gasteiger partial charge on any atom is 0.319 e. The van der Waals surface area contributed by atoms with E-state index in [2.05, 4.69) is 19.1 Å². The Morgan fingerprint density at radius 2 is 1.81 bits per heavy atom. The van der Waals surface area contributed by atoms with Gasteiger partial charge < -0.3 is 10.0 Å². The summed E-state index contributed by atoms with van der Waals surface area (Å²) in [6.45, 7) is 3.46. The normalized spacial score (nSPS) is 27.2. The topological polar surface area (TPSA) is 57.6 Å². The SMILES string of the molecule is C[C@@]1(c2ccccc2)CCCN(C(=O)C2(C(=O)O)CC2)C1. The Balaban J connectivity index is 1.81. The van der Waals surface area contributed by atoms with Gasteiger partial charge in [0.25, 0.3) is 0 Å². The van der Waals surface area contributed by atoms with Crippen LogP contribution in [0.1, 0.15) is 38.2 Å². The number of aliphatic carboxylic acids is 1. The summed E-state index contributed by atoms with van der Waals surface area (Å²) >= 11 is 0. The zero-order valence-electron chi connectivity index (χ0n) is 12.3. The number of carbonyl (C=O) groups is 2. The van der Waals surface area contributed by atoms with E-state index in [1.54, 1.807) is 4.90 Å².